The first-order valence-corrected chi connectivity index (χ1v) is 8.41. The summed E-state index contributed by atoms with van der Waals surface area (Å²) in [6.45, 7) is 2.47. The third kappa shape index (κ3) is 4.49. The van der Waals surface area contributed by atoms with E-state index in [4.69, 9.17) is 16.3 Å². The predicted octanol–water partition coefficient (Wildman–Crippen LogP) is 4.52. The SMILES string of the molecule is CCOc1ccccc1Nc1cc(C(=O)Nc2cccc(Cl)c2)ncn1. The number of hydrogen-bond donors (Lipinski definition) is 2. The largest absolute Gasteiger partial charge is 0.492 e. The zero-order chi connectivity index (χ0) is 18.4. The topological polar surface area (TPSA) is 76.1 Å². The molecule has 1 heterocycles. The van der Waals surface area contributed by atoms with Crippen molar-refractivity contribution in [2.24, 2.45) is 0 Å². The van der Waals surface area contributed by atoms with Crippen molar-refractivity contribution in [3.63, 3.8) is 0 Å². The summed E-state index contributed by atoms with van der Waals surface area (Å²) >= 11 is 5.93. The molecular weight excluding hydrogens is 352 g/mol. The number of anilines is 3. The summed E-state index contributed by atoms with van der Waals surface area (Å²) in [6.07, 6.45) is 1.33. The molecule has 1 amide bonds. The molecule has 1 aromatic heterocycles. The third-order valence-electron chi connectivity index (χ3n) is 3.43. The highest BCUT2D eigenvalue weighted by Crippen LogP contribution is 2.26. The van der Waals surface area contributed by atoms with Crippen molar-refractivity contribution in [3.8, 4) is 5.75 Å². The Bertz CT molecular complexity index is 917. The number of hydrogen-bond acceptors (Lipinski definition) is 5. The van der Waals surface area contributed by atoms with E-state index < -0.39 is 0 Å². The van der Waals surface area contributed by atoms with E-state index in [0.29, 0.717) is 28.9 Å². The Balaban J connectivity index is 1.77. The zero-order valence-corrected chi connectivity index (χ0v) is 14.8. The van der Waals surface area contributed by atoms with Gasteiger partial charge in [-0.1, -0.05) is 29.8 Å². The maximum Gasteiger partial charge on any atom is 0.274 e. The van der Waals surface area contributed by atoms with Crippen LogP contribution >= 0.6 is 11.6 Å². The number of halogens is 1. The second-order valence-electron chi connectivity index (χ2n) is 5.31. The fraction of sp³-hybridized carbons (Fsp3) is 0.105. The number of ether oxygens (including phenoxy) is 1. The van der Waals surface area contributed by atoms with Crippen LogP contribution in [-0.4, -0.2) is 22.5 Å². The van der Waals surface area contributed by atoms with Crippen LogP contribution in [0.15, 0.2) is 60.9 Å². The zero-order valence-electron chi connectivity index (χ0n) is 14.1. The molecule has 3 rings (SSSR count). The maximum atomic E-state index is 12.4. The third-order valence-corrected chi connectivity index (χ3v) is 3.67. The highest BCUT2D eigenvalue weighted by Gasteiger charge is 2.11. The van der Waals surface area contributed by atoms with Gasteiger partial charge >= 0.3 is 0 Å². The summed E-state index contributed by atoms with van der Waals surface area (Å²) in [6, 6.07) is 16.0. The van der Waals surface area contributed by atoms with Crippen LogP contribution in [0.5, 0.6) is 5.75 Å². The van der Waals surface area contributed by atoms with E-state index in [0.717, 1.165) is 5.69 Å². The van der Waals surface area contributed by atoms with Crippen LogP contribution in [0.1, 0.15) is 17.4 Å². The Kier molecular flexibility index (Phi) is 5.66. The standard InChI is InChI=1S/C19H17ClN4O2/c1-2-26-17-9-4-3-8-15(17)24-18-11-16(21-12-22-18)19(25)23-14-7-5-6-13(20)10-14/h3-12H,2H2,1H3,(H,23,25)(H,21,22,24). The molecule has 0 spiro atoms. The fourth-order valence-corrected chi connectivity index (χ4v) is 2.49. The first-order valence-electron chi connectivity index (χ1n) is 8.03. The van der Waals surface area contributed by atoms with Crippen LogP contribution in [-0.2, 0) is 0 Å². The van der Waals surface area contributed by atoms with Gasteiger partial charge in [0, 0.05) is 16.8 Å². The lowest BCUT2D eigenvalue weighted by molar-refractivity contribution is 0.102. The number of para-hydroxylation sites is 2. The minimum absolute atomic E-state index is 0.233. The van der Waals surface area contributed by atoms with E-state index >= 15 is 0 Å². The lowest BCUT2D eigenvalue weighted by Gasteiger charge is -2.12. The van der Waals surface area contributed by atoms with Crippen molar-refractivity contribution in [2.45, 2.75) is 6.92 Å². The van der Waals surface area contributed by atoms with E-state index in [1.165, 1.54) is 6.33 Å². The molecule has 2 aromatic carbocycles. The van der Waals surface area contributed by atoms with Crippen LogP contribution in [0.25, 0.3) is 0 Å². The van der Waals surface area contributed by atoms with Gasteiger partial charge in [-0.3, -0.25) is 4.79 Å². The van der Waals surface area contributed by atoms with Gasteiger partial charge in [0.1, 0.15) is 23.6 Å². The number of carbonyl (C=O) groups is 1. The quantitative estimate of drug-likeness (QED) is 0.668. The van der Waals surface area contributed by atoms with Crippen molar-refractivity contribution in [1.29, 1.82) is 0 Å². The molecule has 26 heavy (non-hydrogen) atoms. The van der Waals surface area contributed by atoms with Gasteiger partial charge in [-0.05, 0) is 37.3 Å². The summed E-state index contributed by atoms with van der Waals surface area (Å²) < 4.78 is 5.58. The van der Waals surface area contributed by atoms with Crippen molar-refractivity contribution in [2.75, 3.05) is 17.2 Å². The Labute approximate surface area is 156 Å². The molecule has 0 saturated heterocycles. The van der Waals surface area contributed by atoms with E-state index in [-0.39, 0.29) is 11.6 Å². The van der Waals surface area contributed by atoms with Crippen LogP contribution < -0.4 is 15.4 Å². The Morgan fingerprint density at radius 3 is 2.77 bits per heavy atom. The highest BCUT2D eigenvalue weighted by molar-refractivity contribution is 6.30. The van der Waals surface area contributed by atoms with Gasteiger partial charge < -0.3 is 15.4 Å². The molecule has 0 aliphatic rings. The summed E-state index contributed by atoms with van der Waals surface area (Å²) in [7, 11) is 0. The molecule has 0 saturated carbocycles. The van der Waals surface area contributed by atoms with Crippen molar-refractivity contribution < 1.29 is 9.53 Å². The first-order chi connectivity index (χ1) is 12.7. The lowest BCUT2D eigenvalue weighted by Crippen LogP contribution is -2.14. The van der Waals surface area contributed by atoms with Crippen molar-refractivity contribution in [3.05, 3.63) is 71.6 Å². The molecule has 0 unspecified atom stereocenters. The van der Waals surface area contributed by atoms with Crippen molar-refractivity contribution >= 4 is 34.7 Å². The van der Waals surface area contributed by atoms with E-state index in [9.17, 15) is 4.79 Å². The number of aromatic nitrogens is 2. The maximum absolute atomic E-state index is 12.4. The smallest absolute Gasteiger partial charge is 0.274 e. The molecule has 132 valence electrons. The number of nitrogens with zero attached hydrogens (tertiary/aromatic N) is 2. The predicted molar refractivity (Wildman–Crippen MR) is 102 cm³/mol. The summed E-state index contributed by atoms with van der Waals surface area (Å²) in [4.78, 5) is 20.6. The molecule has 3 aromatic rings. The Morgan fingerprint density at radius 2 is 1.96 bits per heavy atom. The average molecular weight is 369 g/mol. The van der Waals surface area contributed by atoms with Crippen LogP contribution in [0.3, 0.4) is 0 Å². The summed E-state index contributed by atoms with van der Waals surface area (Å²) in [5, 5.41) is 6.45. The van der Waals surface area contributed by atoms with Crippen LogP contribution in [0.4, 0.5) is 17.2 Å². The van der Waals surface area contributed by atoms with Crippen molar-refractivity contribution in [1.82, 2.24) is 9.97 Å². The Hall–Kier alpha value is -3.12. The minimum atomic E-state index is -0.351. The van der Waals surface area contributed by atoms with Crippen LogP contribution in [0.2, 0.25) is 5.02 Å². The molecule has 2 N–H and O–H groups in total. The number of rotatable bonds is 6. The second-order valence-corrected chi connectivity index (χ2v) is 5.74. The monoisotopic (exact) mass is 368 g/mol. The van der Waals surface area contributed by atoms with Gasteiger partial charge in [-0.25, -0.2) is 9.97 Å². The molecule has 0 aliphatic heterocycles. The fourth-order valence-electron chi connectivity index (χ4n) is 2.30. The molecule has 0 fully saturated rings. The first kappa shape index (κ1) is 17.7. The van der Waals surface area contributed by atoms with Gasteiger partial charge in [-0.15, -0.1) is 0 Å². The average Bonchev–Trinajstić information content (AvgIpc) is 2.64. The van der Waals surface area contributed by atoms with E-state index in [1.54, 1.807) is 30.3 Å². The molecule has 6 nitrogen and oxygen atoms in total. The molecular formula is C19H17ClN4O2. The number of nitrogens with one attached hydrogen (secondary N) is 2. The summed E-state index contributed by atoms with van der Waals surface area (Å²) in [5.74, 6) is 0.845. The Morgan fingerprint density at radius 1 is 1.12 bits per heavy atom. The van der Waals surface area contributed by atoms with Gasteiger partial charge in [0.25, 0.3) is 5.91 Å². The second kappa shape index (κ2) is 8.31. The van der Waals surface area contributed by atoms with E-state index in [2.05, 4.69) is 20.6 Å². The molecule has 0 bridgehead atoms. The molecule has 0 atom stereocenters. The van der Waals surface area contributed by atoms with Crippen LogP contribution in [0, 0.1) is 0 Å². The lowest BCUT2D eigenvalue weighted by atomic mass is 10.2. The van der Waals surface area contributed by atoms with Gasteiger partial charge in [0.2, 0.25) is 0 Å². The molecule has 0 radical (unpaired) electrons. The summed E-state index contributed by atoms with van der Waals surface area (Å²) in [5.41, 5.74) is 1.59. The molecule has 0 aliphatic carbocycles. The minimum Gasteiger partial charge on any atom is -0.492 e. The normalized spacial score (nSPS) is 10.2. The van der Waals surface area contributed by atoms with Gasteiger partial charge in [-0.2, -0.15) is 0 Å². The highest BCUT2D eigenvalue weighted by atomic mass is 35.5. The number of amides is 1. The number of benzene rings is 2. The van der Waals surface area contributed by atoms with E-state index in [1.807, 2.05) is 31.2 Å². The number of carbonyl (C=O) groups excluding carboxylic acids is 1. The molecule has 7 heteroatoms. The van der Waals surface area contributed by atoms with Gasteiger partial charge in [0.05, 0.1) is 12.3 Å². The van der Waals surface area contributed by atoms with Gasteiger partial charge in [0.15, 0.2) is 0 Å².